The predicted octanol–water partition coefficient (Wildman–Crippen LogP) is 3.90. The van der Waals surface area contributed by atoms with Gasteiger partial charge in [-0.3, -0.25) is 9.59 Å². The first kappa shape index (κ1) is 20.2. The van der Waals surface area contributed by atoms with Crippen molar-refractivity contribution in [2.45, 2.75) is 13.3 Å². The number of nitrogens with zero attached hydrogens (tertiary/aromatic N) is 2. The lowest BCUT2D eigenvalue weighted by molar-refractivity contribution is -0.126. The van der Waals surface area contributed by atoms with Crippen molar-refractivity contribution in [3.63, 3.8) is 0 Å². The molecule has 2 aromatic rings. The lowest BCUT2D eigenvalue weighted by Crippen LogP contribution is -2.30. The molecule has 2 aromatic carbocycles. The van der Waals surface area contributed by atoms with Gasteiger partial charge in [-0.25, -0.2) is 5.43 Å². The number of hydrogen-bond donors (Lipinski definition) is 1. The summed E-state index contributed by atoms with van der Waals surface area (Å²) in [5, 5.41) is 4.79. The smallest absolute Gasteiger partial charge is 0.245 e. The number of carbonyl (C=O) groups excluding carboxylic acids is 2. The minimum absolute atomic E-state index is 0.0993. The van der Waals surface area contributed by atoms with Gasteiger partial charge in [-0.15, -0.1) is 0 Å². The van der Waals surface area contributed by atoms with Gasteiger partial charge in [-0.2, -0.15) is 5.10 Å². The zero-order valence-corrected chi connectivity index (χ0v) is 16.7. The van der Waals surface area contributed by atoms with Crippen molar-refractivity contribution in [1.29, 1.82) is 0 Å². The molecule has 0 bridgehead atoms. The Morgan fingerprint density at radius 2 is 2.00 bits per heavy atom. The molecule has 1 N–H and O–H groups in total. The van der Waals surface area contributed by atoms with E-state index in [2.05, 4.69) is 10.5 Å². The second-order valence-electron chi connectivity index (χ2n) is 6.24. The van der Waals surface area contributed by atoms with E-state index in [1.807, 2.05) is 19.1 Å². The van der Waals surface area contributed by atoms with Gasteiger partial charge in [-0.1, -0.05) is 29.3 Å². The number of hydrazone groups is 1. The lowest BCUT2D eigenvalue weighted by atomic mass is 10.1. The molecule has 2 amide bonds. The molecule has 3 rings (SSSR count). The average Bonchev–Trinajstić information content (AvgIpc) is 3.07. The van der Waals surface area contributed by atoms with Crippen LogP contribution >= 0.6 is 23.2 Å². The molecule has 0 unspecified atom stereocenters. The van der Waals surface area contributed by atoms with Crippen molar-refractivity contribution in [3.8, 4) is 5.75 Å². The maximum absolute atomic E-state index is 12.3. The van der Waals surface area contributed by atoms with Gasteiger partial charge in [0.1, 0.15) is 5.75 Å². The second kappa shape index (κ2) is 9.08. The molecule has 1 aliphatic heterocycles. The monoisotopic (exact) mass is 419 g/mol. The number of amides is 2. The molecule has 1 heterocycles. The van der Waals surface area contributed by atoms with Crippen LogP contribution in [0.3, 0.4) is 0 Å². The molecule has 0 aliphatic carbocycles. The molecule has 28 heavy (non-hydrogen) atoms. The summed E-state index contributed by atoms with van der Waals surface area (Å²) < 4.78 is 5.41. The van der Waals surface area contributed by atoms with Gasteiger partial charge < -0.3 is 9.64 Å². The molecule has 1 aliphatic rings. The van der Waals surface area contributed by atoms with Gasteiger partial charge in [0.15, 0.2) is 0 Å². The number of halogens is 2. The summed E-state index contributed by atoms with van der Waals surface area (Å²) in [6.07, 6.45) is 1.61. The first-order chi connectivity index (χ1) is 13.5. The summed E-state index contributed by atoms with van der Waals surface area (Å²) in [4.78, 5) is 26.3. The van der Waals surface area contributed by atoms with E-state index in [4.69, 9.17) is 27.9 Å². The largest absolute Gasteiger partial charge is 0.494 e. The van der Waals surface area contributed by atoms with E-state index < -0.39 is 5.92 Å². The van der Waals surface area contributed by atoms with Crippen molar-refractivity contribution in [1.82, 2.24) is 5.43 Å². The SMILES string of the molecule is CCOc1ccc(N2C[C@H](C(=O)N/N=C\c3ccc(Cl)c(Cl)c3)CC2=O)cc1. The van der Waals surface area contributed by atoms with E-state index in [9.17, 15) is 9.59 Å². The fourth-order valence-corrected chi connectivity index (χ4v) is 3.18. The van der Waals surface area contributed by atoms with Crippen LogP contribution < -0.4 is 15.1 Å². The molecule has 1 fully saturated rings. The normalized spacial score (nSPS) is 16.6. The number of carbonyl (C=O) groups is 2. The highest BCUT2D eigenvalue weighted by Crippen LogP contribution is 2.27. The number of rotatable bonds is 6. The Kier molecular flexibility index (Phi) is 6.54. The van der Waals surface area contributed by atoms with Crippen LogP contribution in [0.25, 0.3) is 0 Å². The van der Waals surface area contributed by atoms with Crippen LogP contribution in [-0.2, 0) is 9.59 Å². The average molecular weight is 420 g/mol. The van der Waals surface area contributed by atoms with E-state index in [0.717, 1.165) is 11.4 Å². The van der Waals surface area contributed by atoms with E-state index in [-0.39, 0.29) is 18.2 Å². The third-order valence-corrected chi connectivity index (χ3v) is 5.03. The number of nitrogens with one attached hydrogen (secondary N) is 1. The Bertz CT molecular complexity index is 900. The van der Waals surface area contributed by atoms with E-state index in [0.29, 0.717) is 28.8 Å². The Hall–Kier alpha value is -2.57. The molecule has 0 radical (unpaired) electrons. The molecular formula is C20H19Cl2N3O3. The topological polar surface area (TPSA) is 71.0 Å². The molecule has 0 spiro atoms. The molecule has 1 atom stereocenters. The van der Waals surface area contributed by atoms with Crippen molar-refractivity contribution in [3.05, 3.63) is 58.1 Å². The van der Waals surface area contributed by atoms with Gasteiger partial charge in [0.05, 0.1) is 28.8 Å². The minimum Gasteiger partial charge on any atom is -0.494 e. The van der Waals surface area contributed by atoms with Gasteiger partial charge in [0.25, 0.3) is 0 Å². The van der Waals surface area contributed by atoms with Crippen molar-refractivity contribution >= 4 is 46.9 Å². The van der Waals surface area contributed by atoms with Crippen LogP contribution in [0.4, 0.5) is 5.69 Å². The molecule has 8 heteroatoms. The maximum atomic E-state index is 12.3. The molecule has 0 aromatic heterocycles. The Morgan fingerprint density at radius 3 is 2.68 bits per heavy atom. The van der Waals surface area contributed by atoms with Crippen LogP contribution in [0.1, 0.15) is 18.9 Å². The Labute approximate surface area is 173 Å². The van der Waals surface area contributed by atoms with Crippen molar-refractivity contribution in [2.75, 3.05) is 18.1 Å². The number of ether oxygens (including phenoxy) is 1. The van der Waals surface area contributed by atoms with Crippen LogP contribution in [0.15, 0.2) is 47.6 Å². The summed E-state index contributed by atoms with van der Waals surface area (Å²) >= 11 is 11.8. The highest BCUT2D eigenvalue weighted by molar-refractivity contribution is 6.42. The van der Waals surface area contributed by atoms with Crippen molar-refractivity contribution < 1.29 is 14.3 Å². The summed E-state index contributed by atoms with van der Waals surface area (Å²) in [6.45, 7) is 2.79. The summed E-state index contributed by atoms with van der Waals surface area (Å²) in [5.41, 5.74) is 3.92. The van der Waals surface area contributed by atoms with E-state index in [1.165, 1.54) is 6.21 Å². The fraction of sp³-hybridized carbons (Fsp3) is 0.250. The first-order valence-electron chi connectivity index (χ1n) is 8.79. The zero-order valence-electron chi connectivity index (χ0n) is 15.2. The molecule has 0 saturated carbocycles. The van der Waals surface area contributed by atoms with Gasteiger partial charge in [0, 0.05) is 18.7 Å². The highest BCUT2D eigenvalue weighted by atomic mass is 35.5. The Balaban J connectivity index is 1.58. The van der Waals surface area contributed by atoms with E-state index in [1.54, 1.807) is 35.2 Å². The zero-order chi connectivity index (χ0) is 20.1. The predicted molar refractivity (Wildman–Crippen MR) is 110 cm³/mol. The Morgan fingerprint density at radius 1 is 1.25 bits per heavy atom. The van der Waals surface area contributed by atoms with Crippen LogP contribution in [0.5, 0.6) is 5.75 Å². The summed E-state index contributed by atoms with van der Waals surface area (Å²) in [6, 6.07) is 12.3. The second-order valence-corrected chi connectivity index (χ2v) is 7.05. The van der Waals surface area contributed by atoms with Gasteiger partial charge >= 0.3 is 0 Å². The number of hydrogen-bond acceptors (Lipinski definition) is 4. The van der Waals surface area contributed by atoms with Gasteiger partial charge in [-0.05, 0) is 48.9 Å². The summed E-state index contributed by atoms with van der Waals surface area (Å²) in [5.74, 6) is -0.135. The van der Waals surface area contributed by atoms with Crippen LogP contribution in [-0.4, -0.2) is 31.2 Å². The quantitative estimate of drug-likeness (QED) is 0.569. The van der Waals surface area contributed by atoms with E-state index >= 15 is 0 Å². The lowest BCUT2D eigenvalue weighted by Gasteiger charge is -2.17. The highest BCUT2D eigenvalue weighted by Gasteiger charge is 2.35. The van der Waals surface area contributed by atoms with Crippen molar-refractivity contribution in [2.24, 2.45) is 11.0 Å². The number of benzene rings is 2. The molecule has 6 nitrogen and oxygen atoms in total. The molecule has 146 valence electrons. The maximum Gasteiger partial charge on any atom is 0.245 e. The van der Waals surface area contributed by atoms with Crippen LogP contribution in [0.2, 0.25) is 10.0 Å². The first-order valence-corrected chi connectivity index (χ1v) is 9.54. The number of anilines is 1. The third kappa shape index (κ3) is 4.82. The molecular weight excluding hydrogens is 401 g/mol. The fourth-order valence-electron chi connectivity index (χ4n) is 2.88. The minimum atomic E-state index is -0.468. The standard InChI is InChI=1S/C20H19Cl2N3O3/c1-2-28-16-6-4-15(5-7-16)25-12-14(10-19(25)26)20(27)24-23-11-13-3-8-17(21)18(22)9-13/h3-9,11,14H,2,10,12H2,1H3,(H,24,27)/b23-11-/t14-/m1/s1. The summed E-state index contributed by atoms with van der Waals surface area (Å²) in [7, 11) is 0. The van der Waals surface area contributed by atoms with Gasteiger partial charge in [0.2, 0.25) is 11.8 Å². The third-order valence-electron chi connectivity index (χ3n) is 4.29. The molecule has 1 saturated heterocycles. The van der Waals surface area contributed by atoms with Crippen LogP contribution in [0, 0.1) is 5.92 Å².